The van der Waals surface area contributed by atoms with Crippen LogP contribution in [0.4, 0.5) is 0 Å². The van der Waals surface area contributed by atoms with Gasteiger partial charge in [-0.05, 0) is 35.0 Å². The molecule has 26 heavy (non-hydrogen) atoms. The third-order valence-corrected chi connectivity index (χ3v) is 4.84. The molecule has 1 N–H and O–H groups in total. The molecule has 0 saturated carbocycles. The molecule has 0 saturated heterocycles. The minimum Gasteiger partial charge on any atom is -0.385 e. The Kier molecular flexibility index (Phi) is 6.61. The minimum absolute atomic E-state index is 0.219. The Labute approximate surface area is 157 Å². The lowest BCUT2D eigenvalue weighted by atomic mass is 10.1. The summed E-state index contributed by atoms with van der Waals surface area (Å²) in [5, 5.41) is 10.5. The first-order valence-electron chi connectivity index (χ1n) is 8.39. The summed E-state index contributed by atoms with van der Waals surface area (Å²) in [5.41, 5.74) is 1.61. The molecule has 3 aromatic rings. The molecule has 3 aromatic carbocycles. The highest BCUT2D eigenvalue weighted by Crippen LogP contribution is 2.28. The quantitative estimate of drug-likeness (QED) is 0.621. The van der Waals surface area contributed by atoms with Crippen LogP contribution in [0, 0.1) is 0 Å². The van der Waals surface area contributed by atoms with E-state index in [1.807, 2.05) is 78.9 Å². The molecule has 0 aliphatic carbocycles. The Hall–Kier alpha value is -2.40. The topological polar surface area (TPSA) is 46.5 Å². The molecule has 0 radical (unpaired) electrons. The first kappa shape index (κ1) is 18.4. The summed E-state index contributed by atoms with van der Waals surface area (Å²) in [7, 11) is 0. The minimum atomic E-state index is -1.02. The van der Waals surface area contributed by atoms with Crippen molar-refractivity contribution in [2.75, 3.05) is 0 Å². The highest BCUT2D eigenvalue weighted by atomic mass is 32.2. The van der Waals surface area contributed by atoms with E-state index in [1.54, 1.807) is 12.1 Å². The summed E-state index contributed by atoms with van der Waals surface area (Å²) in [4.78, 5) is 13.7. The maximum absolute atomic E-state index is 12.8. The van der Waals surface area contributed by atoms with Gasteiger partial charge >= 0.3 is 0 Å². The zero-order valence-corrected chi connectivity index (χ0v) is 15.0. The summed E-state index contributed by atoms with van der Waals surface area (Å²) < 4.78 is 5.86. The lowest BCUT2D eigenvalue weighted by Crippen LogP contribution is -2.29. The first-order valence-corrected chi connectivity index (χ1v) is 9.21. The first-order chi connectivity index (χ1) is 12.7. The van der Waals surface area contributed by atoms with E-state index in [9.17, 15) is 9.90 Å². The van der Waals surface area contributed by atoms with Gasteiger partial charge in [0.25, 0.3) is 0 Å². The number of aliphatic hydroxyl groups is 1. The van der Waals surface area contributed by atoms with Crippen LogP contribution in [0.1, 0.15) is 17.2 Å². The molecular formula is C22H20O3S. The molecule has 2 atom stereocenters. The van der Waals surface area contributed by atoms with E-state index in [0.29, 0.717) is 5.56 Å². The lowest BCUT2D eigenvalue weighted by molar-refractivity contribution is -0.131. The molecule has 132 valence electrons. The van der Waals surface area contributed by atoms with Crippen molar-refractivity contribution in [1.82, 2.24) is 0 Å². The van der Waals surface area contributed by atoms with Crippen molar-refractivity contribution in [3.63, 3.8) is 0 Å². The number of hydrogen-bond acceptors (Lipinski definition) is 4. The van der Waals surface area contributed by atoms with Crippen LogP contribution in [0.2, 0.25) is 0 Å². The number of carbonyl (C=O) groups is 1. The standard InChI is InChI=1S/C22H20O3S/c23-20(18-12-6-2-7-13-18)21(25-16-17-10-4-1-5-11-17)22(24)26-19-14-8-3-9-15-19/h1-15,20-21,23H,16H2/t20-,21-/m0/s1. The number of carbonyl (C=O) groups excluding carboxylic acids is 1. The van der Waals surface area contributed by atoms with Gasteiger partial charge in [-0.25, -0.2) is 0 Å². The van der Waals surface area contributed by atoms with Gasteiger partial charge < -0.3 is 9.84 Å². The second-order valence-corrected chi connectivity index (χ2v) is 6.88. The summed E-state index contributed by atoms with van der Waals surface area (Å²) >= 11 is 1.09. The van der Waals surface area contributed by atoms with Crippen LogP contribution in [-0.2, 0) is 16.1 Å². The third-order valence-electron chi connectivity index (χ3n) is 3.89. The smallest absolute Gasteiger partial charge is 0.225 e. The van der Waals surface area contributed by atoms with Crippen LogP contribution in [0.5, 0.6) is 0 Å². The monoisotopic (exact) mass is 364 g/mol. The summed E-state index contributed by atoms with van der Waals surface area (Å²) in [6.07, 6.45) is -1.98. The molecule has 4 heteroatoms. The molecule has 0 aliphatic heterocycles. The second kappa shape index (κ2) is 9.34. The molecule has 0 spiro atoms. The Bertz CT molecular complexity index is 807. The van der Waals surface area contributed by atoms with Gasteiger partial charge in [0.1, 0.15) is 6.10 Å². The second-order valence-electron chi connectivity index (χ2n) is 5.81. The van der Waals surface area contributed by atoms with Crippen molar-refractivity contribution in [3.05, 3.63) is 102 Å². The molecule has 0 aliphatic rings. The van der Waals surface area contributed by atoms with E-state index in [-0.39, 0.29) is 11.7 Å². The number of rotatable bonds is 7. The number of thioether (sulfide) groups is 1. The van der Waals surface area contributed by atoms with Gasteiger partial charge in [0.15, 0.2) is 6.10 Å². The maximum Gasteiger partial charge on any atom is 0.225 e. The largest absolute Gasteiger partial charge is 0.385 e. The fraction of sp³-hybridized carbons (Fsp3) is 0.136. The van der Waals surface area contributed by atoms with Gasteiger partial charge in [-0.15, -0.1) is 0 Å². The predicted molar refractivity (Wildman–Crippen MR) is 104 cm³/mol. The van der Waals surface area contributed by atoms with Gasteiger partial charge in [-0.1, -0.05) is 78.9 Å². The molecular weight excluding hydrogens is 344 g/mol. The molecule has 0 amide bonds. The van der Waals surface area contributed by atoms with Crippen LogP contribution < -0.4 is 0 Å². The molecule has 3 rings (SSSR count). The molecule has 0 heterocycles. The van der Waals surface area contributed by atoms with Crippen LogP contribution >= 0.6 is 11.8 Å². The Balaban J connectivity index is 1.77. The molecule has 3 nitrogen and oxygen atoms in total. The van der Waals surface area contributed by atoms with Crippen molar-refractivity contribution in [3.8, 4) is 0 Å². The van der Waals surface area contributed by atoms with Crippen molar-refractivity contribution in [2.45, 2.75) is 23.7 Å². The van der Waals surface area contributed by atoms with Crippen LogP contribution in [0.3, 0.4) is 0 Å². The molecule has 0 aromatic heterocycles. The van der Waals surface area contributed by atoms with E-state index in [2.05, 4.69) is 0 Å². The van der Waals surface area contributed by atoms with Gasteiger partial charge in [0.2, 0.25) is 5.12 Å². The highest BCUT2D eigenvalue weighted by Gasteiger charge is 2.29. The fourth-order valence-corrected chi connectivity index (χ4v) is 3.37. The fourth-order valence-electron chi connectivity index (χ4n) is 2.54. The van der Waals surface area contributed by atoms with Gasteiger partial charge in [-0.2, -0.15) is 0 Å². The number of hydrogen-bond donors (Lipinski definition) is 1. The average Bonchev–Trinajstić information content (AvgIpc) is 2.70. The zero-order valence-electron chi connectivity index (χ0n) is 14.2. The third kappa shape index (κ3) is 5.05. The average molecular weight is 364 g/mol. The van der Waals surface area contributed by atoms with Crippen molar-refractivity contribution < 1.29 is 14.6 Å². The maximum atomic E-state index is 12.8. The Morgan fingerprint density at radius 2 is 1.38 bits per heavy atom. The number of aliphatic hydroxyl groups excluding tert-OH is 1. The van der Waals surface area contributed by atoms with Crippen LogP contribution in [0.15, 0.2) is 95.9 Å². The van der Waals surface area contributed by atoms with E-state index in [0.717, 1.165) is 22.2 Å². The molecule has 0 bridgehead atoms. The SMILES string of the molecule is O=C(Sc1ccccc1)[C@@H](OCc1ccccc1)[C@@H](O)c1ccccc1. The highest BCUT2D eigenvalue weighted by molar-refractivity contribution is 8.13. The van der Waals surface area contributed by atoms with Crippen LogP contribution in [-0.4, -0.2) is 16.3 Å². The Morgan fingerprint density at radius 1 is 0.846 bits per heavy atom. The summed E-state index contributed by atoms with van der Waals surface area (Å²) in [6.45, 7) is 0.260. The van der Waals surface area contributed by atoms with E-state index >= 15 is 0 Å². The molecule has 0 fully saturated rings. The van der Waals surface area contributed by atoms with E-state index in [1.165, 1.54) is 0 Å². The predicted octanol–water partition coefficient (Wildman–Crippen LogP) is 4.62. The van der Waals surface area contributed by atoms with Crippen molar-refractivity contribution in [2.24, 2.45) is 0 Å². The number of benzene rings is 3. The number of ether oxygens (including phenoxy) is 1. The van der Waals surface area contributed by atoms with Gasteiger partial charge in [0.05, 0.1) is 6.61 Å². The van der Waals surface area contributed by atoms with Crippen molar-refractivity contribution >= 4 is 16.9 Å². The summed E-state index contributed by atoms with van der Waals surface area (Å²) in [6, 6.07) is 28.1. The van der Waals surface area contributed by atoms with E-state index < -0.39 is 12.2 Å². The zero-order chi connectivity index (χ0) is 18.2. The Morgan fingerprint density at radius 3 is 2.00 bits per heavy atom. The van der Waals surface area contributed by atoms with Gasteiger partial charge in [0, 0.05) is 4.90 Å². The lowest BCUT2D eigenvalue weighted by Gasteiger charge is -2.22. The van der Waals surface area contributed by atoms with Gasteiger partial charge in [-0.3, -0.25) is 4.79 Å². The van der Waals surface area contributed by atoms with E-state index in [4.69, 9.17) is 4.74 Å². The normalized spacial score (nSPS) is 13.1. The summed E-state index contributed by atoms with van der Waals surface area (Å²) in [5.74, 6) is 0. The van der Waals surface area contributed by atoms with Crippen molar-refractivity contribution in [1.29, 1.82) is 0 Å². The van der Waals surface area contributed by atoms with Crippen LogP contribution in [0.25, 0.3) is 0 Å². The molecule has 0 unspecified atom stereocenters.